The van der Waals surface area contributed by atoms with Crippen molar-refractivity contribution in [1.29, 1.82) is 0 Å². The molecule has 1 aromatic carbocycles. The quantitative estimate of drug-likeness (QED) is 0.192. The van der Waals surface area contributed by atoms with Crippen LogP contribution in [0.5, 0.6) is 0 Å². The van der Waals surface area contributed by atoms with E-state index in [0.29, 0.717) is 0 Å². The molecule has 1 aromatic rings. The minimum absolute atomic E-state index is 0. The van der Waals surface area contributed by atoms with E-state index >= 15 is 0 Å². The molecule has 1 radical (unpaired) electrons. The van der Waals surface area contributed by atoms with Crippen molar-refractivity contribution >= 4 is 17.7 Å². The summed E-state index contributed by atoms with van der Waals surface area (Å²) in [5.74, 6) is 0. The van der Waals surface area contributed by atoms with Crippen LogP contribution >= 0.6 is 17.7 Å². The summed E-state index contributed by atoms with van der Waals surface area (Å²) < 4.78 is 58.6. The predicted octanol–water partition coefficient (Wildman–Crippen LogP) is 6.65. The largest absolute Gasteiger partial charge is 0.558 e. The van der Waals surface area contributed by atoms with Gasteiger partial charge in [-0.2, -0.15) is 27.8 Å². The van der Waals surface area contributed by atoms with Gasteiger partial charge in [0, 0.05) is 44.7 Å². The number of hydrogen-bond acceptors (Lipinski definition) is 0. The second-order valence-electron chi connectivity index (χ2n) is 3.55. The maximum absolute atomic E-state index is 9.77. The van der Waals surface area contributed by atoms with Crippen LogP contribution in [0.2, 0.25) is 0 Å². The average molecular weight is 416 g/mol. The SMILES string of the molecule is Cc1c(C)c(C)[c-](C)c1C.F[PH+](F)F.F[PH+](F)F.[Rh]. The second kappa shape index (κ2) is 12.2. The topological polar surface area (TPSA) is 0 Å². The Morgan fingerprint density at radius 1 is 0.684 bits per heavy atom. The molecule has 0 saturated heterocycles. The summed E-state index contributed by atoms with van der Waals surface area (Å²) in [6.07, 6.45) is 0. The molecule has 0 aromatic heterocycles. The van der Waals surface area contributed by atoms with Gasteiger partial charge >= 0.3 is 17.7 Å². The van der Waals surface area contributed by atoms with Crippen molar-refractivity contribution in [3.8, 4) is 0 Å². The van der Waals surface area contributed by atoms with E-state index in [1.165, 1.54) is 27.8 Å². The van der Waals surface area contributed by atoms with Crippen LogP contribution in [0.3, 0.4) is 0 Å². The number of rotatable bonds is 0. The normalized spacial score (nSPS) is 9.32. The Morgan fingerprint density at radius 2 is 0.842 bits per heavy atom. The summed E-state index contributed by atoms with van der Waals surface area (Å²) in [6, 6.07) is 0. The van der Waals surface area contributed by atoms with E-state index in [1.807, 2.05) is 0 Å². The molecule has 1 rings (SSSR count). The third-order valence-corrected chi connectivity index (χ3v) is 2.81. The first kappa shape index (κ1) is 24.4. The van der Waals surface area contributed by atoms with E-state index in [1.54, 1.807) is 0 Å². The van der Waals surface area contributed by atoms with E-state index in [2.05, 4.69) is 34.6 Å². The molecule has 19 heavy (non-hydrogen) atoms. The molecule has 0 unspecified atom stereocenters. The molecule has 0 saturated carbocycles. The maximum Gasteiger partial charge on any atom is 0.558 e. The Morgan fingerprint density at radius 3 is 0.895 bits per heavy atom. The maximum atomic E-state index is 9.77. The van der Waals surface area contributed by atoms with Crippen molar-refractivity contribution < 1.29 is 44.7 Å². The van der Waals surface area contributed by atoms with Crippen molar-refractivity contribution in [2.45, 2.75) is 34.6 Å². The molecule has 0 atom stereocenters. The fraction of sp³-hybridized carbons (Fsp3) is 0.500. The van der Waals surface area contributed by atoms with Crippen molar-refractivity contribution in [2.24, 2.45) is 0 Å². The Labute approximate surface area is 125 Å². The van der Waals surface area contributed by atoms with E-state index in [-0.39, 0.29) is 19.5 Å². The van der Waals surface area contributed by atoms with Crippen molar-refractivity contribution in [2.75, 3.05) is 0 Å². The van der Waals surface area contributed by atoms with Gasteiger partial charge in [0.1, 0.15) is 0 Å². The van der Waals surface area contributed by atoms with E-state index in [4.69, 9.17) is 0 Å². The molecule has 0 aliphatic heterocycles. The first-order valence-electron chi connectivity index (χ1n) is 4.88. The molecule has 117 valence electrons. The molecule has 0 bridgehead atoms. The minimum Gasteiger partial charge on any atom is -0.196 e. The number of halogens is 6. The van der Waals surface area contributed by atoms with Crippen LogP contribution in [0, 0.1) is 34.6 Å². The van der Waals surface area contributed by atoms with E-state index < -0.39 is 17.7 Å². The van der Waals surface area contributed by atoms with Crippen LogP contribution in [0.25, 0.3) is 0 Å². The summed E-state index contributed by atoms with van der Waals surface area (Å²) in [5.41, 5.74) is 7.34. The molecular formula is C10H17F6P2Rh+. The van der Waals surface area contributed by atoms with Crippen molar-refractivity contribution in [3.63, 3.8) is 0 Å². The van der Waals surface area contributed by atoms with Gasteiger partial charge in [-0.25, -0.2) is 0 Å². The van der Waals surface area contributed by atoms with Crippen molar-refractivity contribution in [1.82, 2.24) is 0 Å². The van der Waals surface area contributed by atoms with Crippen LogP contribution in [0.4, 0.5) is 25.2 Å². The summed E-state index contributed by atoms with van der Waals surface area (Å²) in [7, 11) is -8.76. The fourth-order valence-corrected chi connectivity index (χ4v) is 1.41. The molecule has 9 heteroatoms. The Balaban J connectivity index is -0.000000242. The second-order valence-corrected chi connectivity index (χ2v) is 4.41. The summed E-state index contributed by atoms with van der Waals surface area (Å²) in [6.45, 7) is 11.0. The Bertz CT molecular complexity index is 262. The standard InChI is InChI=1S/C10H15.2F3HP.Rh/c1-6-7(2)9(4)10(5)8(6)3;2*1-4(2)3;/h1-5H3;2*4H;/q-1;2*+1;. The van der Waals surface area contributed by atoms with Crippen LogP contribution in [-0.4, -0.2) is 0 Å². The van der Waals surface area contributed by atoms with Crippen LogP contribution < -0.4 is 0 Å². The van der Waals surface area contributed by atoms with E-state index in [0.717, 1.165) is 0 Å². The van der Waals surface area contributed by atoms with Crippen LogP contribution in [0.15, 0.2) is 0 Å². The van der Waals surface area contributed by atoms with Gasteiger partial charge in [0.2, 0.25) is 0 Å². The predicted molar refractivity (Wildman–Crippen MR) is 69.0 cm³/mol. The van der Waals surface area contributed by atoms with Crippen molar-refractivity contribution in [3.05, 3.63) is 27.8 Å². The molecule has 0 N–H and O–H groups in total. The molecule has 0 aliphatic carbocycles. The molecular weight excluding hydrogens is 399 g/mol. The van der Waals surface area contributed by atoms with Gasteiger partial charge in [0.05, 0.1) is 0 Å². The first-order valence-corrected chi connectivity index (χ1v) is 7.15. The van der Waals surface area contributed by atoms with Gasteiger partial charge in [0.15, 0.2) is 0 Å². The fourth-order valence-electron chi connectivity index (χ4n) is 1.41. The molecule has 0 fully saturated rings. The molecule has 0 heterocycles. The summed E-state index contributed by atoms with van der Waals surface area (Å²) >= 11 is 0. The molecule has 0 spiro atoms. The smallest absolute Gasteiger partial charge is 0.196 e. The number of hydrogen-bond donors (Lipinski definition) is 0. The van der Waals surface area contributed by atoms with Gasteiger partial charge in [-0.05, 0) is 0 Å². The Hall–Kier alpha value is 0.413. The first-order chi connectivity index (χ1) is 8.02. The average Bonchev–Trinajstić information content (AvgIpc) is 2.35. The monoisotopic (exact) mass is 416 g/mol. The minimum atomic E-state index is -4.38. The van der Waals surface area contributed by atoms with Gasteiger partial charge in [-0.3, -0.25) is 0 Å². The zero-order valence-electron chi connectivity index (χ0n) is 11.1. The Kier molecular flexibility index (Phi) is 15.7. The van der Waals surface area contributed by atoms with Crippen LogP contribution in [0.1, 0.15) is 27.8 Å². The summed E-state index contributed by atoms with van der Waals surface area (Å²) in [5, 5.41) is 0. The van der Waals surface area contributed by atoms with Gasteiger partial charge in [0.25, 0.3) is 0 Å². The third kappa shape index (κ3) is 11.9. The van der Waals surface area contributed by atoms with E-state index in [9.17, 15) is 25.2 Å². The van der Waals surface area contributed by atoms with Gasteiger partial charge in [-0.1, -0.05) is 34.6 Å². The van der Waals surface area contributed by atoms with Crippen LogP contribution in [-0.2, 0) is 19.5 Å². The molecule has 0 nitrogen and oxygen atoms in total. The zero-order valence-corrected chi connectivity index (χ0v) is 14.7. The molecule has 0 aliphatic rings. The zero-order chi connectivity index (χ0) is 15.0. The summed E-state index contributed by atoms with van der Waals surface area (Å²) in [4.78, 5) is 0. The van der Waals surface area contributed by atoms with Gasteiger partial charge < -0.3 is 0 Å². The third-order valence-electron chi connectivity index (χ3n) is 2.81. The molecule has 0 amide bonds. The van der Waals surface area contributed by atoms with Gasteiger partial charge in [-0.15, -0.1) is 0 Å².